The molecule has 0 unspecified atom stereocenters. The second kappa shape index (κ2) is 9.98. The van der Waals surface area contributed by atoms with Gasteiger partial charge in [-0.1, -0.05) is 37.6 Å². The van der Waals surface area contributed by atoms with Crippen LogP contribution in [0.4, 0.5) is 0 Å². The van der Waals surface area contributed by atoms with Crippen molar-refractivity contribution in [3.63, 3.8) is 0 Å². The Bertz CT molecular complexity index is 1040. The highest BCUT2D eigenvalue weighted by atomic mass is 16.5. The second-order valence-electron chi connectivity index (χ2n) is 7.31. The molecule has 3 rings (SSSR count). The molecule has 0 aromatic heterocycles. The van der Waals surface area contributed by atoms with Crippen molar-refractivity contribution in [2.24, 2.45) is 0 Å². The lowest BCUT2D eigenvalue weighted by Crippen LogP contribution is -2.04. The summed E-state index contributed by atoms with van der Waals surface area (Å²) >= 11 is 0. The van der Waals surface area contributed by atoms with E-state index >= 15 is 0 Å². The fourth-order valence-corrected chi connectivity index (χ4v) is 3.35. The van der Waals surface area contributed by atoms with E-state index in [0.29, 0.717) is 22.8 Å². The highest BCUT2D eigenvalue weighted by Gasteiger charge is 2.15. The van der Waals surface area contributed by atoms with E-state index in [9.17, 15) is 15.3 Å². The van der Waals surface area contributed by atoms with E-state index in [2.05, 4.69) is 6.92 Å². The first-order valence-corrected chi connectivity index (χ1v) is 10.2. The van der Waals surface area contributed by atoms with Gasteiger partial charge in [-0.15, -0.1) is 0 Å². The molecule has 0 aliphatic rings. The number of hydrogen-bond acceptors (Lipinski definition) is 6. The van der Waals surface area contributed by atoms with Crippen molar-refractivity contribution in [1.82, 2.24) is 0 Å². The number of methoxy groups -OCH3 is 1. The van der Waals surface area contributed by atoms with E-state index in [0.717, 1.165) is 29.5 Å². The second-order valence-corrected chi connectivity index (χ2v) is 7.31. The van der Waals surface area contributed by atoms with Crippen LogP contribution in [0.2, 0.25) is 0 Å². The average Bonchev–Trinajstić information content (AvgIpc) is 2.75. The summed E-state index contributed by atoms with van der Waals surface area (Å²) in [7, 11) is 1.52. The maximum atomic E-state index is 10.8. The van der Waals surface area contributed by atoms with Crippen LogP contribution in [-0.4, -0.2) is 22.4 Å². The van der Waals surface area contributed by atoms with Crippen LogP contribution in [0.15, 0.2) is 48.5 Å². The topological polar surface area (TPSA) is 88.4 Å². The molecular weight excluding hydrogens is 396 g/mol. The van der Waals surface area contributed by atoms with Crippen molar-refractivity contribution < 1.29 is 29.5 Å². The van der Waals surface area contributed by atoms with Gasteiger partial charge in [0.25, 0.3) is 0 Å². The Morgan fingerprint density at radius 1 is 0.774 bits per heavy atom. The lowest BCUT2D eigenvalue weighted by Gasteiger charge is -2.17. The molecule has 3 aromatic carbocycles. The lowest BCUT2D eigenvalue weighted by atomic mass is 10.0. The van der Waals surface area contributed by atoms with Crippen LogP contribution in [-0.2, 0) is 19.6 Å². The van der Waals surface area contributed by atoms with Gasteiger partial charge in [0.2, 0.25) is 0 Å². The Balaban J connectivity index is 1.80. The average molecular weight is 424 g/mol. The third kappa shape index (κ3) is 5.15. The van der Waals surface area contributed by atoms with Crippen molar-refractivity contribution in [2.45, 2.75) is 39.9 Å². The fourth-order valence-electron chi connectivity index (χ4n) is 3.35. The molecule has 0 aliphatic heterocycles. The first kappa shape index (κ1) is 22.2. The van der Waals surface area contributed by atoms with Gasteiger partial charge in [0, 0.05) is 5.56 Å². The Hall–Kier alpha value is -3.54. The molecular formula is C25H28O6. The quantitative estimate of drug-likeness (QED) is 0.436. The predicted molar refractivity (Wildman–Crippen MR) is 118 cm³/mol. The highest BCUT2D eigenvalue weighted by Crippen LogP contribution is 2.37. The first-order valence-electron chi connectivity index (χ1n) is 10.2. The molecule has 0 saturated heterocycles. The summed E-state index contributed by atoms with van der Waals surface area (Å²) in [6, 6.07) is 13.7. The van der Waals surface area contributed by atoms with Crippen molar-refractivity contribution in [1.29, 1.82) is 0 Å². The molecule has 0 atom stereocenters. The molecule has 0 radical (unpaired) electrons. The van der Waals surface area contributed by atoms with Gasteiger partial charge in [-0.25, -0.2) is 0 Å². The monoisotopic (exact) mass is 424 g/mol. The van der Waals surface area contributed by atoms with Crippen LogP contribution in [0.5, 0.6) is 34.5 Å². The SMILES string of the molecule is CCCc1cc(OC)c(O)cc1COc1c(C)ccc(COc2ccccc2O)c1O. The molecule has 0 fully saturated rings. The molecule has 164 valence electrons. The summed E-state index contributed by atoms with van der Waals surface area (Å²) in [5.74, 6) is 1.19. The van der Waals surface area contributed by atoms with E-state index in [1.807, 2.05) is 19.1 Å². The highest BCUT2D eigenvalue weighted by molar-refractivity contribution is 5.51. The maximum Gasteiger partial charge on any atom is 0.164 e. The summed E-state index contributed by atoms with van der Waals surface area (Å²) < 4.78 is 16.8. The van der Waals surface area contributed by atoms with E-state index in [1.165, 1.54) is 13.2 Å². The maximum absolute atomic E-state index is 10.8. The van der Waals surface area contributed by atoms with Gasteiger partial charge in [0.05, 0.1) is 7.11 Å². The number of phenols is 3. The Labute approximate surface area is 182 Å². The number of aryl methyl sites for hydroxylation is 2. The zero-order valence-electron chi connectivity index (χ0n) is 18.0. The Morgan fingerprint density at radius 2 is 1.52 bits per heavy atom. The molecule has 6 nitrogen and oxygen atoms in total. The van der Waals surface area contributed by atoms with Gasteiger partial charge >= 0.3 is 0 Å². The van der Waals surface area contributed by atoms with Gasteiger partial charge < -0.3 is 29.5 Å². The van der Waals surface area contributed by atoms with Crippen molar-refractivity contribution >= 4 is 0 Å². The van der Waals surface area contributed by atoms with Crippen molar-refractivity contribution in [3.8, 4) is 34.5 Å². The minimum atomic E-state index is -0.00908. The van der Waals surface area contributed by atoms with Crippen LogP contribution in [0.25, 0.3) is 0 Å². The summed E-state index contributed by atoms with van der Waals surface area (Å²) in [5, 5.41) is 30.8. The Kier molecular flexibility index (Phi) is 7.13. The van der Waals surface area contributed by atoms with Gasteiger partial charge in [-0.05, 0) is 54.3 Å². The minimum Gasteiger partial charge on any atom is -0.504 e. The number of phenolic OH excluding ortho intramolecular Hbond substituents is 3. The summed E-state index contributed by atoms with van der Waals surface area (Å²) in [4.78, 5) is 0. The number of hydrogen-bond donors (Lipinski definition) is 3. The van der Waals surface area contributed by atoms with Gasteiger partial charge in [0.15, 0.2) is 34.5 Å². The smallest absolute Gasteiger partial charge is 0.164 e. The van der Waals surface area contributed by atoms with E-state index < -0.39 is 0 Å². The van der Waals surface area contributed by atoms with Crippen LogP contribution in [0, 0.1) is 6.92 Å². The summed E-state index contributed by atoms with van der Waals surface area (Å²) in [6.07, 6.45) is 1.75. The molecule has 31 heavy (non-hydrogen) atoms. The molecule has 0 amide bonds. The number of para-hydroxylation sites is 2. The van der Waals surface area contributed by atoms with Crippen LogP contribution < -0.4 is 14.2 Å². The molecule has 0 heterocycles. The zero-order chi connectivity index (χ0) is 22.4. The van der Waals surface area contributed by atoms with Crippen LogP contribution in [0.1, 0.15) is 35.6 Å². The Morgan fingerprint density at radius 3 is 2.23 bits per heavy atom. The minimum absolute atomic E-state index is 0.00908. The third-order valence-electron chi connectivity index (χ3n) is 5.05. The third-order valence-corrected chi connectivity index (χ3v) is 5.05. The first-order chi connectivity index (χ1) is 14.9. The number of rotatable bonds is 9. The van der Waals surface area contributed by atoms with E-state index in [4.69, 9.17) is 14.2 Å². The predicted octanol–water partition coefficient (Wildman–Crippen LogP) is 5.23. The molecule has 0 bridgehead atoms. The molecule has 0 spiro atoms. The van der Waals surface area contributed by atoms with E-state index in [1.54, 1.807) is 30.3 Å². The molecule has 3 N–H and O–H groups in total. The molecule has 6 heteroatoms. The van der Waals surface area contributed by atoms with Crippen LogP contribution in [0.3, 0.4) is 0 Å². The van der Waals surface area contributed by atoms with Crippen LogP contribution >= 0.6 is 0 Å². The lowest BCUT2D eigenvalue weighted by molar-refractivity contribution is 0.267. The normalized spacial score (nSPS) is 10.7. The number of aromatic hydroxyl groups is 3. The fraction of sp³-hybridized carbons (Fsp3) is 0.280. The van der Waals surface area contributed by atoms with Gasteiger partial charge in [0.1, 0.15) is 13.2 Å². The zero-order valence-corrected chi connectivity index (χ0v) is 18.0. The molecule has 3 aromatic rings. The van der Waals surface area contributed by atoms with E-state index in [-0.39, 0.29) is 30.5 Å². The standard InChI is InChI=1S/C25H28O6/c1-4-7-17-13-23(29-3)21(27)12-19(17)15-31-25-16(2)10-11-18(24(25)28)14-30-22-9-6-5-8-20(22)26/h5-6,8-13,26-28H,4,7,14-15H2,1-3H3. The molecule has 0 aliphatic carbocycles. The van der Waals surface area contributed by atoms with Crippen molar-refractivity contribution in [2.75, 3.05) is 7.11 Å². The molecule has 0 saturated carbocycles. The van der Waals surface area contributed by atoms with Gasteiger partial charge in [-0.3, -0.25) is 0 Å². The largest absolute Gasteiger partial charge is 0.504 e. The van der Waals surface area contributed by atoms with Gasteiger partial charge in [-0.2, -0.15) is 0 Å². The summed E-state index contributed by atoms with van der Waals surface area (Å²) in [5.41, 5.74) is 3.16. The summed E-state index contributed by atoms with van der Waals surface area (Å²) in [6.45, 7) is 4.19. The number of benzene rings is 3. The number of ether oxygens (including phenoxy) is 3. The van der Waals surface area contributed by atoms with Crippen molar-refractivity contribution in [3.05, 3.63) is 70.8 Å².